The molecule has 0 bridgehead atoms. The van der Waals surface area contributed by atoms with Crippen LogP contribution in [-0.2, 0) is 0 Å². The standard InChI is InChI=1S/C14H10BrN3O3/c1-8-5-11(15)6-12(18(19)20)13(8)21-14-10(7-16)4-3-9(2)17-14/h3-6H,1-2H3. The van der Waals surface area contributed by atoms with E-state index in [1.807, 2.05) is 6.07 Å². The second-order valence-electron chi connectivity index (χ2n) is 4.35. The smallest absolute Gasteiger partial charge is 0.313 e. The highest BCUT2D eigenvalue weighted by Gasteiger charge is 2.21. The number of nitro groups is 1. The summed E-state index contributed by atoms with van der Waals surface area (Å²) in [4.78, 5) is 14.7. The van der Waals surface area contributed by atoms with Crippen molar-refractivity contribution in [2.24, 2.45) is 0 Å². The highest BCUT2D eigenvalue weighted by Crippen LogP contribution is 2.37. The van der Waals surface area contributed by atoms with Gasteiger partial charge < -0.3 is 4.74 Å². The first-order valence-electron chi connectivity index (χ1n) is 5.92. The number of aryl methyl sites for hydroxylation is 2. The topological polar surface area (TPSA) is 89.0 Å². The summed E-state index contributed by atoms with van der Waals surface area (Å²) in [6.07, 6.45) is 0. The van der Waals surface area contributed by atoms with Crippen LogP contribution in [0, 0.1) is 35.3 Å². The molecule has 2 rings (SSSR count). The monoisotopic (exact) mass is 347 g/mol. The summed E-state index contributed by atoms with van der Waals surface area (Å²) in [5.74, 6) is 0.142. The quantitative estimate of drug-likeness (QED) is 0.617. The van der Waals surface area contributed by atoms with Crippen LogP contribution < -0.4 is 4.74 Å². The van der Waals surface area contributed by atoms with Crippen molar-refractivity contribution in [3.8, 4) is 17.7 Å². The van der Waals surface area contributed by atoms with E-state index in [2.05, 4.69) is 20.9 Å². The Hall–Kier alpha value is -2.46. The first-order chi connectivity index (χ1) is 9.92. The van der Waals surface area contributed by atoms with Crippen LogP contribution in [-0.4, -0.2) is 9.91 Å². The number of ether oxygens (including phenoxy) is 1. The third-order valence-corrected chi connectivity index (χ3v) is 3.19. The lowest BCUT2D eigenvalue weighted by Crippen LogP contribution is -1.99. The Bertz CT molecular complexity index is 769. The number of benzene rings is 1. The molecule has 1 aromatic carbocycles. The van der Waals surface area contributed by atoms with Crippen LogP contribution in [0.1, 0.15) is 16.8 Å². The van der Waals surface area contributed by atoms with Gasteiger partial charge in [-0.3, -0.25) is 10.1 Å². The predicted octanol–water partition coefficient (Wildman–Crippen LogP) is 4.03. The number of nitriles is 1. The molecule has 1 heterocycles. The van der Waals surface area contributed by atoms with E-state index in [1.54, 1.807) is 32.0 Å². The van der Waals surface area contributed by atoms with Crippen LogP contribution in [0.15, 0.2) is 28.7 Å². The Labute approximate surface area is 129 Å². The summed E-state index contributed by atoms with van der Waals surface area (Å²) >= 11 is 3.21. The number of aromatic nitrogens is 1. The maximum atomic E-state index is 11.2. The summed E-state index contributed by atoms with van der Waals surface area (Å²) in [6, 6.07) is 8.25. The van der Waals surface area contributed by atoms with Gasteiger partial charge in [0.2, 0.25) is 11.6 Å². The molecule has 21 heavy (non-hydrogen) atoms. The fraction of sp³-hybridized carbons (Fsp3) is 0.143. The molecule has 6 nitrogen and oxygen atoms in total. The average molecular weight is 348 g/mol. The summed E-state index contributed by atoms with van der Waals surface area (Å²) in [6.45, 7) is 3.44. The largest absolute Gasteiger partial charge is 0.430 e. The number of nitro benzene ring substituents is 1. The van der Waals surface area contributed by atoms with Crippen molar-refractivity contribution in [2.75, 3.05) is 0 Å². The molecule has 0 aliphatic carbocycles. The number of hydrogen-bond donors (Lipinski definition) is 0. The lowest BCUT2D eigenvalue weighted by atomic mass is 10.2. The second kappa shape index (κ2) is 5.89. The number of hydrogen-bond acceptors (Lipinski definition) is 5. The van der Waals surface area contributed by atoms with Gasteiger partial charge >= 0.3 is 5.69 Å². The fourth-order valence-electron chi connectivity index (χ4n) is 1.77. The zero-order valence-electron chi connectivity index (χ0n) is 11.3. The van der Waals surface area contributed by atoms with Crippen molar-refractivity contribution in [1.29, 1.82) is 5.26 Å². The minimum atomic E-state index is -0.533. The van der Waals surface area contributed by atoms with E-state index in [9.17, 15) is 10.1 Å². The SMILES string of the molecule is Cc1ccc(C#N)c(Oc2c(C)cc(Br)cc2[N+](=O)[O-])n1. The molecule has 0 fully saturated rings. The highest BCUT2D eigenvalue weighted by molar-refractivity contribution is 9.10. The molecule has 0 atom stereocenters. The zero-order chi connectivity index (χ0) is 15.6. The maximum absolute atomic E-state index is 11.2. The third kappa shape index (κ3) is 3.17. The molecular weight excluding hydrogens is 338 g/mol. The van der Waals surface area contributed by atoms with Crippen molar-refractivity contribution >= 4 is 21.6 Å². The minimum Gasteiger partial charge on any atom is -0.430 e. The molecule has 0 N–H and O–H groups in total. The van der Waals surface area contributed by atoms with E-state index in [-0.39, 0.29) is 22.9 Å². The van der Waals surface area contributed by atoms with E-state index < -0.39 is 4.92 Å². The van der Waals surface area contributed by atoms with E-state index in [0.29, 0.717) is 15.7 Å². The summed E-state index contributed by atoms with van der Waals surface area (Å²) in [5.41, 5.74) is 1.26. The van der Waals surface area contributed by atoms with Gasteiger partial charge in [0.15, 0.2) is 0 Å². The molecule has 0 spiro atoms. The third-order valence-electron chi connectivity index (χ3n) is 2.74. The number of pyridine rings is 1. The molecule has 0 saturated carbocycles. The van der Waals surface area contributed by atoms with Crippen molar-refractivity contribution in [2.45, 2.75) is 13.8 Å². The number of rotatable bonds is 3. The molecule has 0 radical (unpaired) electrons. The Morgan fingerprint density at radius 1 is 1.38 bits per heavy atom. The lowest BCUT2D eigenvalue weighted by molar-refractivity contribution is -0.385. The zero-order valence-corrected chi connectivity index (χ0v) is 12.8. The maximum Gasteiger partial charge on any atom is 0.313 e. The lowest BCUT2D eigenvalue weighted by Gasteiger charge is -2.10. The van der Waals surface area contributed by atoms with Gasteiger partial charge in [0.1, 0.15) is 11.6 Å². The highest BCUT2D eigenvalue weighted by atomic mass is 79.9. The summed E-state index contributed by atoms with van der Waals surface area (Å²) in [7, 11) is 0. The molecule has 0 aliphatic rings. The van der Waals surface area contributed by atoms with Crippen molar-refractivity contribution in [3.05, 3.63) is 55.7 Å². The minimum absolute atomic E-state index is 0.0611. The summed E-state index contributed by atoms with van der Waals surface area (Å²) < 4.78 is 6.14. The Morgan fingerprint density at radius 2 is 2.10 bits per heavy atom. The summed E-state index contributed by atoms with van der Waals surface area (Å²) in [5, 5.41) is 20.2. The Balaban J connectivity index is 2.57. The fourth-order valence-corrected chi connectivity index (χ4v) is 2.33. The van der Waals surface area contributed by atoms with Crippen LogP contribution in [0.2, 0.25) is 0 Å². The first kappa shape index (κ1) is 14.9. The molecule has 106 valence electrons. The van der Waals surface area contributed by atoms with Gasteiger partial charge in [-0.05, 0) is 32.0 Å². The molecule has 2 aromatic rings. The van der Waals surface area contributed by atoms with E-state index >= 15 is 0 Å². The van der Waals surface area contributed by atoms with Crippen molar-refractivity contribution < 1.29 is 9.66 Å². The Kier molecular flexibility index (Phi) is 4.19. The van der Waals surface area contributed by atoms with Gasteiger partial charge in [0.25, 0.3) is 0 Å². The van der Waals surface area contributed by atoms with Crippen LogP contribution in [0.4, 0.5) is 5.69 Å². The van der Waals surface area contributed by atoms with Gasteiger partial charge in [-0.1, -0.05) is 15.9 Å². The van der Waals surface area contributed by atoms with Gasteiger partial charge in [-0.2, -0.15) is 5.26 Å². The molecule has 1 aromatic heterocycles. The van der Waals surface area contributed by atoms with Crippen LogP contribution in [0.25, 0.3) is 0 Å². The van der Waals surface area contributed by atoms with Crippen molar-refractivity contribution in [3.63, 3.8) is 0 Å². The van der Waals surface area contributed by atoms with E-state index in [1.165, 1.54) is 6.07 Å². The van der Waals surface area contributed by atoms with Crippen LogP contribution in [0.5, 0.6) is 11.6 Å². The van der Waals surface area contributed by atoms with Gasteiger partial charge in [0, 0.05) is 21.8 Å². The first-order valence-corrected chi connectivity index (χ1v) is 6.72. The van der Waals surface area contributed by atoms with Gasteiger partial charge in [-0.25, -0.2) is 4.98 Å². The molecule has 0 aliphatic heterocycles. The normalized spacial score (nSPS) is 10.0. The molecule has 7 heteroatoms. The second-order valence-corrected chi connectivity index (χ2v) is 5.26. The molecule has 0 unspecified atom stereocenters. The van der Waals surface area contributed by atoms with Crippen LogP contribution >= 0.6 is 15.9 Å². The van der Waals surface area contributed by atoms with Gasteiger partial charge in [-0.15, -0.1) is 0 Å². The number of nitrogens with zero attached hydrogens (tertiary/aromatic N) is 3. The van der Waals surface area contributed by atoms with E-state index in [4.69, 9.17) is 10.00 Å². The molecular formula is C14H10BrN3O3. The average Bonchev–Trinajstić information content (AvgIpc) is 2.41. The number of halogens is 1. The predicted molar refractivity (Wildman–Crippen MR) is 79.3 cm³/mol. The molecule has 0 saturated heterocycles. The van der Waals surface area contributed by atoms with Crippen LogP contribution in [0.3, 0.4) is 0 Å². The van der Waals surface area contributed by atoms with E-state index in [0.717, 1.165) is 0 Å². The van der Waals surface area contributed by atoms with Crippen molar-refractivity contribution in [1.82, 2.24) is 4.98 Å². The molecule has 0 amide bonds. The Morgan fingerprint density at radius 3 is 2.71 bits per heavy atom. The van der Waals surface area contributed by atoms with Gasteiger partial charge in [0.05, 0.1) is 4.92 Å².